The molecule has 2 heterocycles. The van der Waals surface area contributed by atoms with Gasteiger partial charge < -0.3 is 5.32 Å². The highest BCUT2D eigenvalue weighted by atomic mass is 32.2. The first-order valence-electron chi connectivity index (χ1n) is 9.54. The number of hydrogen-bond acceptors (Lipinski definition) is 6. The van der Waals surface area contributed by atoms with Gasteiger partial charge in [-0.15, -0.1) is 10.2 Å². The number of amides is 1. The van der Waals surface area contributed by atoms with Crippen LogP contribution in [0, 0.1) is 11.3 Å². The van der Waals surface area contributed by atoms with Gasteiger partial charge >= 0.3 is 0 Å². The molecule has 31 heavy (non-hydrogen) atoms. The lowest BCUT2D eigenvalue weighted by atomic mass is 10.2. The quantitative estimate of drug-likeness (QED) is 0.461. The van der Waals surface area contributed by atoms with Crippen molar-refractivity contribution in [3.8, 4) is 23.1 Å². The summed E-state index contributed by atoms with van der Waals surface area (Å²) in [7, 11) is 0. The van der Waals surface area contributed by atoms with Gasteiger partial charge in [-0.1, -0.05) is 36.0 Å². The Balaban J connectivity index is 1.61. The summed E-state index contributed by atoms with van der Waals surface area (Å²) in [6, 6.07) is 22.4. The third kappa shape index (κ3) is 4.63. The van der Waals surface area contributed by atoms with E-state index in [0.29, 0.717) is 22.2 Å². The number of nitriles is 1. The molecule has 0 radical (unpaired) electrons. The third-order valence-electron chi connectivity index (χ3n) is 4.50. The van der Waals surface area contributed by atoms with Crippen LogP contribution in [0.2, 0.25) is 0 Å². The molecule has 0 bridgehead atoms. The molecule has 1 unspecified atom stereocenters. The fraction of sp³-hybridized carbons (Fsp3) is 0.0870. The molecule has 4 rings (SSSR count). The molecular formula is C23H18N6OS. The van der Waals surface area contributed by atoms with Crippen molar-refractivity contribution in [1.29, 1.82) is 5.26 Å². The first kappa shape index (κ1) is 20.3. The average molecular weight is 427 g/mol. The molecule has 0 saturated carbocycles. The number of thioether (sulfide) groups is 1. The standard InChI is InChI=1S/C23H18N6OS/c1-16(22(30)26-19-7-5-6-17(14-19)15-24)31-23-28-27-21(18-10-12-25-13-11-18)29(23)20-8-3-2-4-9-20/h2-14,16H,1H3,(H,26,30). The van der Waals surface area contributed by atoms with Gasteiger partial charge in [-0.3, -0.25) is 14.3 Å². The summed E-state index contributed by atoms with van der Waals surface area (Å²) in [4.78, 5) is 16.8. The van der Waals surface area contributed by atoms with E-state index < -0.39 is 5.25 Å². The normalized spacial score (nSPS) is 11.5. The number of nitrogens with one attached hydrogen (secondary N) is 1. The Hall–Kier alpha value is -3.96. The molecule has 0 aliphatic heterocycles. The van der Waals surface area contributed by atoms with Crippen molar-refractivity contribution in [3.05, 3.63) is 84.7 Å². The van der Waals surface area contributed by atoms with Crippen LogP contribution >= 0.6 is 11.8 Å². The number of hydrogen-bond donors (Lipinski definition) is 1. The van der Waals surface area contributed by atoms with Crippen LogP contribution in [0.25, 0.3) is 17.1 Å². The van der Waals surface area contributed by atoms with E-state index in [1.165, 1.54) is 11.8 Å². The summed E-state index contributed by atoms with van der Waals surface area (Å²) >= 11 is 1.31. The van der Waals surface area contributed by atoms with Gasteiger partial charge in [-0.25, -0.2) is 0 Å². The van der Waals surface area contributed by atoms with Crippen LogP contribution in [-0.2, 0) is 4.79 Å². The summed E-state index contributed by atoms with van der Waals surface area (Å²) in [5, 5.41) is 20.8. The topological polar surface area (TPSA) is 96.5 Å². The summed E-state index contributed by atoms with van der Waals surface area (Å²) in [6.45, 7) is 1.81. The van der Waals surface area contributed by atoms with Crippen LogP contribution in [0.5, 0.6) is 0 Å². The fourth-order valence-electron chi connectivity index (χ4n) is 2.97. The van der Waals surface area contributed by atoms with Gasteiger partial charge in [-0.2, -0.15) is 5.26 Å². The van der Waals surface area contributed by atoms with E-state index in [4.69, 9.17) is 5.26 Å². The number of anilines is 1. The fourth-order valence-corrected chi connectivity index (χ4v) is 3.83. The molecule has 0 aliphatic carbocycles. The maximum absolute atomic E-state index is 12.8. The molecule has 152 valence electrons. The van der Waals surface area contributed by atoms with Gasteiger partial charge in [0.05, 0.1) is 16.9 Å². The van der Waals surface area contributed by atoms with Crippen molar-refractivity contribution in [2.75, 3.05) is 5.32 Å². The Morgan fingerprint density at radius 2 is 1.84 bits per heavy atom. The molecule has 2 aromatic carbocycles. The van der Waals surface area contributed by atoms with Gasteiger partial charge in [0.25, 0.3) is 0 Å². The zero-order valence-electron chi connectivity index (χ0n) is 16.6. The number of pyridine rings is 1. The first-order chi connectivity index (χ1) is 15.2. The van der Waals surface area contributed by atoms with Gasteiger partial charge in [0.15, 0.2) is 11.0 Å². The molecule has 1 N–H and O–H groups in total. The number of benzene rings is 2. The molecule has 2 aromatic heterocycles. The molecule has 0 aliphatic rings. The minimum atomic E-state index is -0.442. The molecule has 0 saturated heterocycles. The van der Waals surface area contributed by atoms with Crippen LogP contribution in [0.3, 0.4) is 0 Å². The number of carbonyl (C=O) groups is 1. The third-order valence-corrected chi connectivity index (χ3v) is 5.54. The monoisotopic (exact) mass is 426 g/mol. The highest BCUT2D eigenvalue weighted by molar-refractivity contribution is 8.00. The van der Waals surface area contributed by atoms with E-state index in [9.17, 15) is 4.79 Å². The summed E-state index contributed by atoms with van der Waals surface area (Å²) in [5.41, 5.74) is 2.85. The van der Waals surface area contributed by atoms with Crippen LogP contribution in [-0.4, -0.2) is 30.9 Å². The second kappa shape index (κ2) is 9.24. The SMILES string of the molecule is CC(Sc1nnc(-c2ccncc2)n1-c1ccccc1)C(=O)Nc1cccc(C#N)c1. The van der Waals surface area contributed by atoms with Crippen molar-refractivity contribution < 1.29 is 4.79 Å². The lowest BCUT2D eigenvalue weighted by Crippen LogP contribution is -2.23. The predicted molar refractivity (Wildman–Crippen MR) is 120 cm³/mol. The van der Waals surface area contributed by atoms with E-state index >= 15 is 0 Å². The zero-order valence-corrected chi connectivity index (χ0v) is 17.5. The Bertz CT molecular complexity index is 1230. The molecule has 0 fully saturated rings. The largest absolute Gasteiger partial charge is 0.325 e. The van der Waals surface area contributed by atoms with Gasteiger partial charge in [-0.05, 0) is 49.4 Å². The van der Waals surface area contributed by atoms with Crippen molar-refractivity contribution >= 4 is 23.4 Å². The maximum atomic E-state index is 12.8. The Morgan fingerprint density at radius 1 is 1.06 bits per heavy atom. The number of rotatable bonds is 6. The number of aromatic nitrogens is 4. The van der Waals surface area contributed by atoms with E-state index in [0.717, 1.165) is 11.3 Å². The van der Waals surface area contributed by atoms with Gasteiger partial charge in [0, 0.05) is 29.3 Å². The van der Waals surface area contributed by atoms with Gasteiger partial charge in [0.1, 0.15) is 0 Å². The molecule has 1 atom stereocenters. The lowest BCUT2D eigenvalue weighted by molar-refractivity contribution is -0.115. The van der Waals surface area contributed by atoms with Crippen molar-refractivity contribution in [2.24, 2.45) is 0 Å². The molecule has 7 nitrogen and oxygen atoms in total. The second-order valence-electron chi connectivity index (χ2n) is 6.65. The Kier molecular flexibility index (Phi) is 6.05. The number of para-hydroxylation sites is 1. The van der Waals surface area contributed by atoms with E-state index in [1.807, 2.05) is 54.0 Å². The molecule has 8 heteroatoms. The number of carbonyl (C=O) groups excluding carboxylic acids is 1. The van der Waals surface area contributed by atoms with Crippen molar-refractivity contribution in [3.63, 3.8) is 0 Å². The lowest BCUT2D eigenvalue weighted by Gasteiger charge is -2.14. The minimum absolute atomic E-state index is 0.187. The van der Waals surface area contributed by atoms with Crippen LogP contribution in [0.1, 0.15) is 12.5 Å². The number of nitrogens with zero attached hydrogens (tertiary/aromatic N) is 5. The summed E-state index contributed by atoms with van der Waals surface area (Å²) in [5.74, 6) is 0.485. The molecule has 1 amide bonds. The molecule has 4 aromatic rings. The molecule has 0 spiro atoms. The smallest absolute Gasteiger partial charge is 0.237 e. The zero-order chi connectivity index (χ0) is 21.6. The minimum Gasteiger partial charge on any atom is -0.325 e. The summed E-state index contributed by atoms with van der Waals surface area (Å²) < 4.78 is 1.93. The molecular weight excluding hydrogens is 408 g/mol. The highest BCUT2D eigenvalue weighted by Gasteiger charge is 2.22. The van der Waals surface area contributed by atoms with Crippen LogP contribution in [0.4, 0.5) is 5.69 Å². The second-order valence-corrected chi connectivity index (χ2v) is 7.96. The Morgan fingerprint density at radius 3 is 2.58 bits per heavy atom. The van der Waals surface area contributed by atoms with Gasteiger partial charge in [0.2, 0.25) is 5.91 Å². The van der Waals surface area contributed by atoms with E-state index in [2.05, 4.69) is 26.6 Å². The van der Waals surface area contributed by atoms with Crippen LogP contribution in [0.15, 0.2) is 84.3 Å². The first-order valence-corrected chi connectivity index (χ1v) is 10.4. The maximum Gasteiger partial charge on any atom is 0.237 e. The van der Waals surface area contributed by atoms with E-state index in [-0.39, 0.29) is 5.91 Å². The average Bonchev–Trinajstić information content (AvgIpc) is 3.23. The van der Waals surface area contributed by atoms with E-state index in [1.54, 1.807) is 36.7 Å². The highest BCUT2D eigenvalue weighted by Crippen LogP contribution is 2.30. The Labute approximate surface area is 183 Å². The predicted octanol–water partition coefficient (Wildman–Crippen LogP) is 4.32. The van der Waals surface area contributed by atoms with Crippen LogP contribution < -0.4 is 5.32 Å². The van der Waals surface area contributed by atoms with Crippen molar-refractivity contribution in [2.45, 2.75) is 17.3 Å². The van der Waals surface area contributed by atoms with Crippen molar-refractivity contribution in [1.82, 2.24) is 19.7 Å². The summed E-state index contributed by atoms with van der Waals surface area (Å²) in [6.07, 6.45) is 3.41.